The average Bonchev–Trinajstić information content (AvgIpc) is 2.16. The lowest BCUT2D eigenvalue weighted by molar-refractivity contribution is -0.133. The third-order valence-electron chi connectivity index (χ3n) is 1.54. The van der Waals surface area contributed by atoms with E-state index in [1.165, 1.54) is 7.11 Å². The molecular weight excluding hydrogens is 202 g/mol. The zero-order valence-corrected chi connectivity index (χ0v) is 8.55. The fraction of sp³-hybridized carbons (Fsp3) is 0.200. The highest BCUT2D eigenvalue weighted by molar-refractivity contribution is 6.29. The van der Waals surface area contributed by atoms with Gasteiger partial charge in [-0.15, -0.1) is 0 Å². The number of halogens is 1. The number of aryl methyl sites for hydroxylation is 1. The summed E-state index contributed by atoms with van der Waals surface area (Å²) >= 11 is 5.66. The Labute approximate surface area is 87.1 Å². The molecule has 14 heavy (non-hydrogen) atoms. The molecule has 1 heterocycles. The van der Waals surface area contributed by atoms with E-state index < -0.39 is 5.97 Å². The van der Waals surface area contributed by atoms with Gasteiger partial charge in [-0.25, -0.2) is 9.78 Å². The second-order valence-electron chi connectivity index (χ2n) is 2.51. The first-order valence-electron chi connectivity index (χ1n) is 3.86. The van der Waals surface area contributed by atoms with Gasteiger partial charge < -0.3 is 4.74 Å². The first-order valence-corrected chi connectivity index (χ1v) is 4.24. The molecule has 1 rings (SSSR count). The molecule has 4 heteroatoms. The summed E-state index contributed by atoms with van der Waals surface area (Å²) in [7, 11) is 1.28. The number of aromatic nitrogens is 1. The summed E-state index contributed by atoms with van der Waals surface area (Å²) in [5.74, 6) is 4.39. The standard InChI is InChI=1S/C10H8ClNO2/c1-7-8(3-5-9(11)12-7)4-6-10(13)14-2/h3,5H,1-2H3. The Morgan fingerprint density at radius 1 is 1.57 bits per heavy atom. The SMILES string of the molecule is COC(=O)C#Cc1ccc(Cl)nc1C. The van der Waals surface area contributed by atoms with E-state index in [4.69, 9.17) is 11.6 Å². The summed E-state index contributed by atoms with van der Waals surface area (Å²) in [6, 6.07) is 3.33. The topological polar surface area (TPSA) is 39.2 Å². The second-order valence-corrected chi connectivity index (χ2v) is 2.90. The number of rotatable bonds is 0. The Morgan fingerprint density at radius 2 is 2.29 bits per heavy atom. The summed E-state index contributed by atoms with van der Waals surface area (Å²) < 4.78 is 4.38. The van der Waals surface area contributed by atoms with Crippen molar-refractivity contribution in [3.63, 3.8) is 0 Å². The van der Waals surface area contributed by atoms with Gasteiger partial charge in [-0.05, 0) is 19.1 Å². The van der Waals surface area contributed by atoms with Crippen molar-refractivity contribution in [2.45, 2.75) is 6.92 Å². The van der Waals surface area contributed by atoms with Crippen LogP contribution in [0.3, 0.4) is 0 Å². The Kier molecular flexibility index (Phi) is 3.49. The molecule has 0 spiro atoms. The van der Waals surface area contributed by atoms with Gasteiger partial charge in [-0.1, -0.05) is 17.5 Å². The molecular formula is C10H8ClNO2. The van der Waals surface area contributed by atoms with Crippen molar-refractivity contribution in [1.82, 2.24) is 4.98 Å². The van der Waals surface area contributed by atoms with Crippen LogP contribution in [0.5, 0.6) is 0 Å². The van der Waals surface area contributed by atoms with Crippen LogP contribution in [-0.2, 0) is 9.53 Å². The minimum absolute atomic E-state index is 0.408. The quantitative estimate of drug-likeness (QED) is 0.370. The average molecular weight is 210 g/mol. The molecule has 0 amide bonds. The van der Waals surface area contributed by atoms with Crippen LogP contribution in [0, 0.1) is 18.8 Å². The van der Waals surface area contributed by atoms with Gasteiger partial charge in [0.25, 0.3) is 0 Å². The molecule has 0 aliphatic carbocycles. The molecule has 0 aliphatic rings. The molecule has 0 unspecified atom stereocenters. The number of methoxy groups -OCH3 is 1. The minimum Gasteiger partial charge on any atom is -0.459 e. The molecule has 0 fully saturated rings. The first kappa shape index (κ1) is 10.6. The molecule has 0 saturated carbocycles. The number of carbonyl (C=O) groups is 1. The molecule has 0 bridgehead atoms. The Hall–Kier alpha value is -1.53. The highest BCUT2D eigenvalue weighted by Gasteiger charge is 1.97. The van der Waals surface area contributed by atoms with Crippen molar-refractivity contribution in [3.05, 3.63) is 28.5 Å². The zero-order chi connectivity index (χ0) is 10.6. The van der Waals surface area contributed by atoms with E-state index in [1.807, 2.05) is 0 Å². The number of esters is 1. The van der Waals surface area contributed by atoms with E-state index in [1.54, 1.807) is 19.1 Å². The van der Waals surface area contributed by atoms with Crippen LogP contribution in [0.4, 0.5) is 0 Å². The molecule has 3 nitrogen and oxygen atoms in total. The Morgan fingerprint density at radius 3 is 2.86 bits per heavy atom. The van der Waals surface area contributed by atoms with Crippen molar-refractivity contribution in [3.8, 4) is 11.8 Å². The fourth-order valence-corrected chi connectivity index (χ4v) is 1.02. The van der Waals surface area contributed by atoms with Crippen LogP contribution in [0.15, 0.2) is 12.1 Å². The fourth-order valence-electron chi connectivity index (χ4n) is 0.832. The summed E-state index contributed by atoms with van der Waals surface area (Å²) in [5, 5.41) is 0.408. The highest BCUT2D eigenvalue weighted by Crippen LogP contribution is 2.09. The lowest BCUT2D eigenvalue weighted by Crippen LogP contribution is -1.95. The van der Waals surface area contributed by atoms with Gasteiger partial charge >= 0.3 is 5.97 Å². The van der Waals surface area contributed by atoms with Crippen LogP contribution < -0.4 is 0 Å². The van der Waals surface area contributed by atoms with Gasteiger partial charge in [0.15, 0.2) is 0 Å². The van der Waals surface area contributed by atoms with Gasteiger partial charge in [0.1, 0.15) is 5.15 Å². The van der Waals surface area contributed by atoms with E-state index in [2.05, 4.69) is 21.6 Å². The number of hydrogen-bond acceptors (Lipinski definition) is 3. The number of pyridine rings is 1. The lowest BCUT2D eigenvalue weighted by atomic mass is 10.2. The van der Waals surface area contributed by atoms with E-state index in [0.717, 1.165) is 0 Å². The Balaban J connectivity index is 2.96. The van der Waals surface area contributed by atoms with E-state index >= 15 is 0 Å². The molecule has 1 aromatic rings. The highest BCUT2D eigenvalue weighted by atomic mass is 35.5. The normalized spacial score (nSPS) is 8.79. The van der Waals surface area contributed by atoms with Crippen LogP contribution >= 0.6 is 11.6 Å². The second kappa shape index (κ2) is 4.64. The summed E-state index contributed by atoms with van der Waals surface area (Å²) in [4.78, 5) is 14.7. The van der Waals surface area contributed by atoms with Crippen LogP contribution in [0.1, 0.15) is 11.3 Å². The van der Waals surface area contributed by atoms with Crippen LogP contribution in [-0.4, -0.2) is 18.1 Å². The summed E-state index contributed by atoms with van der Waals surface area (Å²) in [6.07, 6.45) is 0. The van der Waals surface area contributed by atoms with Crippen molar-refractivity contribution < 1.29 is 9.53 Å². The number of carbonyl (C=O) groups excluding carboxylic acids is 1. The number of ether oxygens (including phenoxy) is 1. The van der Waals surface area contributed by atoms with Crippen molar-refractivity contribution >= 4 is 17.6 Å². The van der Waals surface area contributed by atoms with Gasteiger partial charge in [0.05, 0.1) is 12.8 Å². The van der Waals surface area contributed by atoms with E-state index in [0.29, 0.717) is 16.4 Å². The van der Waals surface area contributed by atoms with Gasteiger partial charge in [0.2, 0.25) is 0 Å². The third-order valence-corrected chi connectivity index (χ3v) is 1.75. The van der Waals surface area contributed by atoms with Crippen molar-refractivity contribution in [1.29, 1.82) is 0 Å². The number of nitrogens with zero attached hydrogens (tertiary/aromatic N) is 1. The maximum Gasteiger partial charge on any atom is 0.384 e. The molecule has 0 N–H and O–H groups in total. The largest absolute Gasteiger partial charge is 0.459 e. The minimum atomic E-state index is -0.570. The Bertz CT molecular complexity index is 418. The van der Waals surface area contributed by atoms with E-state index in [9.17, 15) is 4.79 Å². The molecule has 1 aromatic heterocycles. The predicted octanol–water partition coefficient (Wildman–Crippen LogP) is 1.57. The first-order chi connectivity index (χ1) is 6.63. The van der Waals surface area contributed by atoms with Gasteiger partial charge in [-0.2, -0.15) is 0 Å². The maximum absolute atomic E-state index is 10.7. The van der Waals surface area contributed by atoms with Gasteiger partial charge in [0, 0.05) is 11.5 Å². The third kappa shape index (κ3) is 2.75. The van der Waals surface area contributed by atoms with Crippen molar-refractivity contribution in [2.24, 2.45) is 0 Å². The molecule has 0 radical (unpaired) electrons. The smallest absolute Gasteiger partial charge is 0.384 e. The molecule has 0 aromatic carbocycles. The molecule has 0 aliphatic heterocycles. The van der Waals surface area contributed by atoms with Crippen LogP contribution in [0.2, 0.25) is 5.15 Å². The van der Waals surface area contributed by atoms with E-state index in [-0.39, 0.29) is 0 Å². The van der Waals surface area contributed by atoms with Crippen LogP contribution in [0.25, 0.3) is 0 Å². The predicted molar refractivity (Wildman–Crippen MR) is 52.9 cm³/mol. The zero-order valence-electron chi connectivity index (χ0n) is 7.80. The number of hydrogen-bond donors (Lipinski definition) is 0. The molecule has 0 saturated heterocycles. The molecule has 0 atom stereocenters. The summed E-state index contributed by atoms with van der Waals surface area (Å²) in [5.41, 5.74) is 1.36. The molecule has 72 valence electrons. The maximum atomic E-state index is 10.7. The van der Waals surface area contributed by atoms with Crippen molar-refractivity contribution in [2.75, 3.05) is 7.11 Å². The summed E-state index contributed by atoms with van der Waals surface area (Å²) in [6.45, 7) is 1.77. The monoisotopic (exact) mass is 209 g/mol. The van der Waals surface area contributed by atoms with Gasteiger partial charge in [-0.3, -0.25) is 0 Å². The lowest BCUT2D eigenvalue weighted by Gasteiger charge is -1.96.